The van der Waals surface area contributed by atoms with Crippen molar-refractivity contribution in [3.63, 3.8) is 0 Å². The van der Waals surface area contributed by atoms with Crippen LogP contribution < -0.4 is 5.32 Å². The highest BCUT2D eigenvalue weighted by atomic mass is 79.9. The number of anilines is 1. The van der Waals surface area contributed by atoms with Gasteiger partial charge in [-0.05, 0) is 30.3 Å². The molecule has 2 rings (SSSR count). The molecule has 3 nitrogen and oxygen atoms in total. The number of hydrogen-bond acceptors (Lipinski definition) is 2. The highest BCUT2D eigenvalue weighted by Crippen LogP contribution is 2.17. The fourth-order valence-electron chi connectivity index (χ4n) is 1.51. The van der Waals surface area contributed by atoms with Gasteiger partial charge in [-0.25, -0.2) is 0 Å². The molecule has 0 aliphatic rings. The number of carbonyl (C=O) groups excluding carboxylic acids is 1. The number of carbonyl (C=O) groups is 1. The molecule has 0 aliphatic heterocycles. The van der Waals surface area contributed by atoms with Crippen molar-refractivity contribution < 1.29 is 4.79 Å². The summed E-state index contributed by atoms with van der Waals surface area (Å²) in [5, 5.41) is 11.6. The van der Waals surface area contributed by atoms with E-state index in [1.807, 2.05) is 24.3 Å². The number of benzene rings is 2. The van der Waals surface area contributed by atoms with Crippen molar-refractivity contribution in [2.24, 2.45) is 0 Å². The molecule has 1 N–H and O–H groups in total. The predicted molar refractivity (Wildman–Crippen MR) is 73.3 cm³/mol. The van der Waals surface area contributed by atoms with E-state index in [1.54, 1.807) is 30.3 Å². The molecule has 0 aromatic heterocycles. The minimum atomic E-state index is -0.237. The first-order valence-corrected chi connectivity index (χ1v) is 6.05. The quantitative estimate of drug-likeness (QED) is 0.922. The van der Waals surface area contributed by atoms with E-state index in [1.165, 1.54) is 0 Å². The third-order valence-electron chi connectivity index (χ3n) is 2.32. The highest BCUT2D eigenvalue weighted by Gasteiger charge is 2.08. The second-order valence-corrected chi connectivity index (χ2v) is 4.58. The third kappa shape index (κ3) is 2.96. The first-order chi connectivity index (χ1) is 8.69. The van der Waals surface area contributed by atoms with Crippen molar-refractivity contribution >= 4 is 27.5 Å². The van der Waals surface area contributed by atoms with E-state index in [0.29, 0.717) is 15.6 Å². The number of amides is 1. The number of halogens is 1. The molecule has 0 bridgehead atoms. The molecule has 0 saturated carbocycles. The first-order valence-electron chi connectivity index (χ1n) is 5.26. The molecule has 0 atom stereocenters. The lowest BCUT2D eigenvalue weighted by molar-refractivity contribution is 0.102. The van der Waals surface area contributed by atoms with E-state index < -0.39 is 0 Å². The molecule has 0 saturated heterocycles. The minimum Gasteiger partial charge on any atom is -0.322 e. The molecule has 88 valence electrons. The molecule has 1 amide bonds. The van der Waals surface area contributed by atoms with Gasteiger partial charge in [0.2, 0.25) is 0 Å². The molecule has 4 heteroatoms. The number of nitrogens with zero attached hydrogens (tertiary/aromatic N) is 1. The van der Waals surface area contributed by atoms with E-state index in [2.05, 4.69) is 21.2 Å². The van der Waals surface area contributed by atoms with Crippen LogP contribution >= 0.6 is 15.9 Å². The molecular weight excluding hydrogens is 292 g/mol. The van der Waals surface area contributed by atoms with E-state index in [9.17, 15) is 4.79 Å². The summed E-state index contributed by atoms with van der Waals surface area (Å²) in [5.74, 6) is -0.237. The van der Waals surface area contributed by atoms with Gasteiger partial charge in [-0.1, -0.05) is 34.1 Å². The van der Waals surface area contributed by atoms with Gasteiger partial charge in [-0.15, -0.1) is 0 Å². The fourth-order valence-corrected chi connectivity index (χ4v) is 2.00. The second kappa shape index (κ2) is 5.48. The maximum atomic E-state index is 12.0. The van der Waals surface area contributed by atoms with Gasteiger partial charge >= 0.3 is 0 Å². The fraction of sp³-hybridized carbons (Fsp3) is 0. The molecule has 2 aromatic rings. The molecule has 0 aliphatic carbocycles. The van der Waals surface area contributed by atoms with Gasteiger partial charge in [0.1, 0.15) is 0 Å². The Labute approximate surface area is 113 Å². The van der Waals surface area contributed by atoms with Crippen LogP contribution in [0.2, 0.25) is 0 Å². The summed E-state index contributed by atoms with van der Waals surface area (Å²) in [6, 6.07) is 16.1. The van der Waals surface area contributed by atoms with Crippen LogP contribution in [0, 0.1) is 11.3 Å². The summed E-state index contributed by atoms with van der Waals surface area (Å²) >= 11 is 3.28. The van der Waals surface area contributed by atoms with Gasteiger partial charge in [-0.2, -0.15) is 5.26 Å². The second-order valence-electron chi connectivity index (χ2n) is 3.66. The topological polar surface area (TPSA) is 52.9 Å². The Morgan fingerprint density at radius 1 is 1.17 bits per heavy atom. The van der Waals surface area contributed by atoms with Crippen molar-refractivity contribution in [3.8, 4) is 6.07 Å². The smallest absolute Gasteiger partial charge is 0.255 e. The van der Waals surface area contributed by atoms with Crippen molar-refractivity contribution in [2.75, 3.05) is 5.32 Å². The van der Waals surface area contributed by atoms with Gasteiger partial charge in [-0.3, -0.25) is 4.79 Å². The van der Waals surface area contributed by atoms with Crippen molar-refractivity contribution in [1.82, 2.24) is 0 Å². The highest BCUT2D eigenvalue weighted by molar-refractivity contribution is 9.10. The van der Waals surface area contributed by atoms with Crippen LogP contribution in [0.25, 0.3) is 0 Å². The summed E-state index contributed by atoms with van der Waals surface area (Å²) in [6.07, 6.45) is 0. The lowest BCUT2D eigenvalue weighted by Gasteiger charge is -2.05. The Balaban J connectivity index is 2.25. The molecule has 0 radical (unpaired) electrons. The van der Waals surface area contributed by atoms with E-state index >= 15 is 0 Å². The standard InChI is InChI=1S/C14H9BrN2O/c15-12-7-10(9-16)6-11(8-12)14(18)17-13-4-2-1-3-5-13/h1-8H,(H,17,18). The number of para-hydroxylation sites is 1. The first kappa shape index (κ1) is 12.3. The zero-order valence-corrected chi connectivity index (χ0v) is 10.9. The Hall–Kier alpha value is -2.12. The van der Waals surface area contributed by atoms with E-state index in [4.69, 9.17) is 5.26 Å². The average Bonchev–Trinajstić information content (AvgIpc) is 2.39. The third-order valence-corrected chi connectivity index (χ3v) is 2.78. The van der Waals surface area contributed by atoms with Crippen molar-refractivity contribution in [3.05, 3.63) is 64.1 Å². The molecule has 0 heterocycles. The molecule has 0 fully saturated rings. The summed E-state index contributed by atoms with van der Waals surface area (Å²) in [5.41, 5.74) is 1.62. The normalized spacial score (nSPS) is 9.56. The SMILES string of the molecule is N#Cc1cc(Br)cc(C(=O)Nc2ccccc2)c1. The largest absolute Gasteiger partial charge is 0.322 e. The maximum absolute atomic E-state index is 12.0. The van der Waals surface area contributed by atoms with Crippen LogP contribution in [0.5, 0.6) is 0 Å². The van der Waals surface area contributed by atoms with Crippen LogP contribution in [-0.4, -0.2) is 5.91 Å². The summed E-state index contributed by atoms with van der Waals surface area (Å²) in [6.45, 7) is 0. The van der Waals surface area contributed by atoms with Gasteiger partial charge in [0.25, 0.3) is 5.91 Å². The summed E-state index contributed by atoms with van der Waals surface area (Å²) in [4.78, 5) is 12.0. The number of nitrogens with one attached hydrogen (secondary N) is 1. The Morgan fingerprint density at radius 3 is 2.56 bits per heavy atom. The Bertz CT molecular complexity index is 617. The molecule has 0 unspecified atom stereocenters. The lowest BCUT2D eigenvalue weighted by atomic mass is 10.1. The van der Waals surface area contributed by atoms with Crippen LogP contribution in [0.15, 0.2) is 53.0 Å². The van der Waals surface area contributed by atoms with E-state index in [-0.39, 0.29) is 5.91 Å². The van der Waals surface area contributed by atoms with Gasteiger partial charge in [0.05, 0.1) is 11.6 Å². The van der Waals surface area contributed by atoms with Crippen LogP contribution in [0.1, 0.15) is 15.9 Å². The zero-order chi connectivity index (χ0) is 13.0. The predicted octanol–water partition coefficient (Wildman–Crippen LogP) is 3.57. The lowest BCUT2D eigenvalue weighted by Crippen LogP contribution is -2.11. The summed E-state index contributed by atoms with van der Waals surface area (Å²) < 4.78 is 0.708. The van der Waals surface area contributed by atoms with Crippen LogP contribution in [0.4, 0.5) is 5.69 Å². The van der Waals surface area contributed by atoms with Gasteiger partial charge in [0, 0.05) is 15.7 Å². The average molecular weight is 301 g/mol. The maximum Gasteiger partial charge on any atom is 0.255 e. The number of hydrogen-bond donors (Lipinski definition) is 1. The zero-order valence-electron chi connectivity index (χ0n) is 9.35. The summed E-state index contributed by atoms with van der Waals surface area (Å²) in [7, 11) is 0. The number of nitriles is 1. The minimum absolute atomic E-state index is 0.237. The Kier molecular flexibility index (Phi) is 3.75. The number of rotatable bonds is 2. The van der Waals surface area contributed by atoms with E-state index in [0.717, 1.165) is 5.69 Å². The molecule has 2 aromatic carbocycles. The van der Waals surface area contributed by atoms with Crippen LogP contribution in [0.3, 0.4) is 0 Å². The van der Waals surface area contributed by atoms with Gasteiger partial charge in [0.15, 0.2) is 0 Å². The van der Waals surface area contributed by atoms with Crippen LogP contribution in [-0.2, 0) is 0 Å². The Morgan fingerprint density at radius 2 is 1.89 bits per heavy atom. The van der Waals surface area contributed by atoms with Crippen molar-refractivity contribution in [1.29, 1.82) is 5.26 Å². The molecular formula is C14H9BrN2O. The molecule has 0 spiro atoms. The van der Waals surface area contributed by atoms with Gasteiger partial charge < -0.3 is 5.32 Å². The monoisotopic (exact) mass is 300 g/mol. The molecule has 18 heavy (non-hydrogen) atoms. The van der Waals surface area contributed by atoms with Crippen molar-refractivity contribution in [2.45, 2.75) is 0 Å².